The first-order valence-corrected chi connectivity index (χ1v) is 11.0. The maximum absolute atomic E-state index is 12.0. The SMILES string of the molecule is CN=C(NCc1cc(N(C)C)nc2ccccc12)N1CCN(CC(=O)NCCOC)CC1.I. The molecule has 0 radical (unpaired) electrons. The molecule has 0 bridgehead atoms. The Hall–Kier alpha value is -2.18. The van der Waals surface area contributed by atoms with Gasteiger partial charge in [0.25, 0.3) is 0 Å². The van der Waals surface area contributed by atoms with Crippen molar-refractivity contribution in [3.63, 3.8) is 0 Å². The molecule has 2 heterocycles. The van der Waals surface area contributed by atoms with Gasteiger partial charge in [0.05, 0.1) is 18.7 Å². The van der Waals surface area contributed by atoms with Crippen molar-refractivity contribution in [2.24, 2.45) is 4.99 Å². The normalized spacial score (nSPS) is 14.7. The van der Waals surface area contributed by atoms with Crippen molar-refractivity contribution in [3.8, 4) is 0 Å². The van der Waals surface area contributed by atoms with Crippen LogP contribution < -0.4 is 15.5 Å². The van der Waals surface area contributed by atoms with E-state index >= 15 is 0 Å². The minimum atomic E-state index is 0. The van der Waals surface area contributed by atoms with E-state index in [4.69, 9.17) is 9.72 Å². The second kappa shape index (κ2) is 13.5. The molecule has 1 fully saturated rings. The Labute approximate surface area is 213 Å². The number of fused-ring (bicyclic) bond motifs is 1. The number of para-hydroxylation sites is 1. The number of aliphatic imine (C=N–C) groups is 1. The van der Waals surface area contributed by atoms with E-state index in [1.807, 2.05) is 44.2 Å². The standard InChI is InChI=1S/C23H35N7O2.HI/c1-24-23(30-12-10-29(11-13-30)17-22(31)25-9-14-32-4)26-16-18-15-21(28(2)3)27-20-8-6-5-7-19(18)20;/h5-8,15H,9-14,16-17H2,1-4H3,(H,24,26)(H,25,31);1H. The molecule has 1 amide bonds. The Morgan fingerprint density at radius 1 is 1.18 bits per heavy atom. The fraction of sp³-hybridized carbons (Fsp3) is 0.522. The molecule has 9 nitrogen and oxygen atoms in total. The molecule has 1 aliphatic rings. The lowest BCUT2D eigenvalue weighted by atomic mass is 10.1. The number of guanidine groups is 1. The van der Waals surface area contributed by atoms with Crippen LogP contribution in [0.2, 0.25) is 0 Å². The predicted octanol–water partition coefficient (Wildman–Crippen LogP) is 1.37. The third kappa shape index (κ3) is 7.68. The van der Waals surface area contributed by atoms with Gasteiger partial charge in [-0.3, -0.25) is 14.7 Å². The van der Waals surface area contributed by atoms with E-state index in [9.17, 15) is 4.79 Å². The van der Waals surface area contributed by atoms with Crippen LogP contribution in [-0.2, 0) is 16.1 Å². The fourth-order valence-electron chi connectivity index (χ4n) is 3.78. The number of carbonyl (C=O) groups is 1. The second-order valence-electron chi connectivity index (χ2n) is 8.06. The van der Waals surface area contributed by atoms with E-state index < -0.39 is 0 Å². The molecule has 1 aliphatic heterocycles. The summed E-state index contributed by atoms with van der Waals surface area (Å²) in [5.74, 6) is 1.86. The van der Waals surface area contributed by atoms with Gasteiger partial charge in [-0.2, -0.15) is 0 Å². The van der Waals surface area contributed by atoms with Crippen LogP contribution in [0.4, 0.5) is 5.82 Å². The number of ether oxygens (including phenoxy) is 1. The van der Waals surface area contributed by atoms with Crippen molar-refractivity contribution in [1.29, 1.82) is 0 Å². The van der Waals surface area contributed by atoms with Crippen molar-refractivity contribution < 1.29 is 9.53 Å². The molecular formula is C23H36IN7O2. The van der Waals surface area contributed by atoms with Crippen molar-refractivity contribution in [3.05, 3.63) is 35.9 Å². The van der Waals surface area contributed by atoms with Crippen molar-refractivity contribution in [1.82, 2.24) is 25.4 Å². The van der Waals surface area contributed by atoms with E-state index in [2.05, 4.69) is 37.6 Å². The lowest BCUT2D eigenvalue weighted by Gasteiger charge is -2.36. The van der Waals surface area contributed by atoms with Crippen LogP contribution in [-0.4, -0.2) is 101 Å². The van der Waals surface area contributed by atoms with Gasteiger partial charge in [-0.05, 0) is 17.7 Å². The number of anilines is 1. The highest BCUT2D eigenvalue weighted by atomic mass is 127. The highest BCUT2D eigenvalue weighted by Crippen LogP contribution is 2.22. The fourth-order valence-corrected chi connectivity index (χ4v) is 3.78. The molecule has 3 rings (SSSR count). The van der Waals surface area contributed by atoms with Gasteiger partial charge in [-0.25, -0.2) is 4.98 Å². The zero-order valence-corrected chi connectivity index (χ0v) is 22.3. The summed E-state index contributed by atoms with van der Waals surface area (Å²) in [6.45, 7) is 5.45. The number of methoxy groups -OCH3 is 1. The summed E-state index contributed by atoms with van der Waals surface area (Å²) in [7, 11) is 7.45. The van der Waals surface area contributed by atoms with Gasteiger partial charge in [-0.1, -0.05) is 18.2 Å². The van der Waals surface area contributed by atoms with Crippen LogP contribution in [0.15, 0.2) is 35.3 Å². The molecular weight excluding hydrogens is 533 g/mol. The molecule has 0 aliphatic carbocycles. The van der Waals surface area contributed by atoms with Crippen molar-refractivity contribution in [2.75, 3.05) is 79.0 Å². The molecule has 10 heteroatoms. The van der Waals surface area contributed by atoms with Crippen LogP contribution in [0.3, 0.4) is 0 Å². The number of halogens is 1. The van der Waals surface area contributed by atoms with E-state index in [0.717, 1.165) is 48.9 Å². The summed E-state index contributed by atoms with van der Waals surface area (Å²) in [6.07, 6.45) is 0. The molecule has 0 unspecified atom stereocenters. The number of aromatic nitrogens is 1. The predicted molar refractivity (Wildman–Crippen MR) is 145 cm³/mol. The Bertz CT molecular complexity index is 930. The van der Waals surface area contributed by atoms with Crippen LogP contribution in [0.25, 0.3) is 10.9 Å². The monoisotopic (exact) mass is 569 g/mol. The molecule has 2 N–H and O–H groups in total. The molecule has 33 heavy (non-hydrogen) atoms. The topological polar surface area (TPSA) is 85.3 Å². The van der Waals surface area contributed by atoms with Gasteiger partial charge in [0.2, 0.25) is 5.91 Å². The van der Waals surface area contributed by atoms with Crippen LogP contribution in [0.1, 0.15) is 5.56 Å². The molecule has 1 aromatic carbocycles. The molecule has 0 spiro atoms. The number of hydrogen-bond donors (Lipinski definition) is 2. The Balaban J connectivity index is 0.00000385. The number of rotatable bonds is 8. The van der Waals surface area contributed by atoms with E-state index in [0.29, 0.717) is 26.2 Å². The lowest BCUT2D eigenvalue weighted by Crippen LogP contribution is -2.54. The summed E-state index contributed by atoms with van der Waals surface area (Å²) in [5.41, 5.74) is 2.18. The number of hydrogen-bond acceptors (Lipinski definition) is 6. The average molecular weight is 569 g/mol. The van der Waals surface area contributed by atoms with Gasteiger partial charge in [0.15, 0.2) is 5.96 Å². The molecule has 1 aromatic heterocycles. The Morgan fingerprint density at radius 3 is 2.58 bits per heavy atom. The first kappa shape index (κ1) is 27.1. The first-order valence-electron chi connectivity index (χ1n) is 11.0. The number of amides is 1. The maximum atomic E-state index is 12.0. The van der Waals surface area contributed by atoms with Gasteiger partial charge in [0, 0.05) is 72.9 Å². The summed E-state index contributed by atoms with van der Waals surface area (Å²) < 4.78 is 4.97. The average Bonchev–Trinajstić information content (AvgIpc) is 2.80. The van der Waals surface area contributed by atoms with Crippen LogP contribution in [0.5, 0.6) is 0 Å². The number of pyridine rings is 1. The number of benzene rings is 1. The van der Waals surface area contributed by atoms with Gasteiger partial charge in [0.1, 0.15) is 5.82 Å². The highest BCUT2D eigenvalue weighted by Gasteiger charge is 2.21. The third-order valence-corrected chi connectivity index (χ3v) is 5.56. The minimum Gasteiger partial charge on any atom is -0.383 e. The van der Waals surface area contributed by atoms with Crippen molar-refractivity contribution >= 4 is 52.6 Å². The molecule has 0 atom stereocenters. The quantitative estimate of drug-likeness (QED) is 0.215. The lowest BCUT2D eigenvalue weighted by molar-refractivity contribution is -0.122. The minimum absolute atomic E-state index is 0. The van der Waals surface area contributed by atoms with Gasteiger partial charge in [-0.15, -0.1) is 24.0 Å². The zero-order chi connectivity index (χ0) is 22.9. The molecule has 0 saturated carbocycles. The van der Waals surface area contributed by atoms with E-state index in [-0.39, 0.29) is 29.9 Å². The summed E-state index contributed by atoms with van der Waals surface area (Å²) in [5, 5.41) is 7.54. The van der Waals surface area contributed by atoms with E-state index in [1.54, 1.807) is 7.11 Å². The Kier molecular flexibility index (Phi) is 11.1. The van der Waals surface area contributed by atoms with E-state index in [1.165, 1.54) is 5.56 Å². The number of nitrogens with zero attached hydrogens (tertiary/aromatic N) is 5. The number of nitrogens with one attached hydrogen (secondary N) is 2. The molecule has 182 valence electrons. The van der Waals surface area contributed by atoms with Crippen LogP contribution >= 0.6 is 24.0 Å². The smallest absolute Gasteiger partial charge is 0.234 e. The Morgan fingerprint density at radius 2 is 1.91 bits per heavy atom. The number of carbonyl (C=O) groups excluding carboxylic acids is 1. The summed E-state index contributed by atoms with van der Waals surface area (Å²) in [6, 6.07) is 10.3. The first-order chi connectivity index (χ1) is 15.5. The molecule has 1 saturated heterocycles. The third-order valence-electron chi connectivity index (χ3n) is 5.56. The largest absolute Gasteiger partial charge is 0.383 e. The molecule has 2 aromatic rings. The van der Waals surface area contributed by atoms with Crippen LogP contribution in [0, 0.1) is 0 Å². The van der Waals surface area contributed by atoms with Crippen molar-refractivity contribution in [2.45, 2.75) is 6.54 Å². The number of piperazine rings is 1. The zero-order valence-electron chi connectivity index (χ0n) is 20.0. The summed E-state index contributed by atoms with van der Waals surface area (Å²) in [4.78, 5) is 27.7. The van der Waals surface area contributed by atoms with Gasteiger partial charge < -0.3 is 25.2 Å². The summed E-state index contributed by atoms with van der Waals surface area (Å²) >= 11 is 0. The second-order valence-corrected chi connectivity index (χ2v) is 8.06. The van der Waals surface area contributed by atoms with Gasteiger partial charge >= 0.3 is 0 Å². The highest BCUT2D eigenvalue weighted by molar-refractivity contribution is 14.0. The maximum Gasteiger partial charge on any atom is 0.234 e.